The molecule has 0 radical (unpaired) electrons. The second kappa shape index (κ2) is 4.72. The quantitative estimate of drug-likeness (QED) is 0.806. The highest BCUT2D eigenvalue weighted by atomic mass is 32.2. The van der Waals surface area contributed by atoms with Crippen LogP contribution in [0.2, 0.25) is 0 Å². The Labute approximate surface area is 102 Å². The number of amides is 1. The van der Waals surface area contributed by atoms with Crippen LogP contribution in [-0.4, -0.2) is 27.9 Å². The van der Waals surface area contributed by atoms with E-state index in [-0.39, 0.29) is 5.56 Å². The molecule has 1 amide bonds. The zero-order valence-electron chi connectivity index (χ0n) is 8.94. The Hall–Kier alpha value is -1.61. The molecule has 1 unspecified atom stereocenters. The van der Waals surface area contributed by atoms with Gasteiger partial charge in [-0.3, -0.25) is 4.79 Å². The molecular formula is C11H10FN3OS. The highest BCUT2D eigenvalue weighted by Crippen LogP contribution is 2.27. The average Bonchev–Trinajstić information content (AvgIpc) is 2.79. The summed E-state index contributed by atoms with van der Waals surface area (Å²) in [6.07, 6.45) is 1.86. The van der Waals surface area contributed by atoms with Gasteiger partial charge >= 0.3 is 0 Å². The SMILES string of the molecule is N#CC1(NC(=O)c2cccnc2F)CCSC1. The number of aromatic nitrogens is 1. The number of hydrogen-bond donors (Lipinski definition) is 1. The van der Waals surface area contributed by atoms with Crippen molar-refractivity contribution < 1.29 is 9.18 Å². The fourth-order valence-electron chi connectivity index (χ4n) is 1.62. The van der Waals surface area contributed by atoms with Crippen LogP contribution in [0.3, 0.4) is 0 Å². The lowest BCUT2D eigenvalue weighted by Gasteiger charge is -2.21. The number of nitrogens with one attached hydrogen (secondary N) is 1. The first-order valence-electron chi connectivity index (χ1n) is 5.09. The summed E-state index contributed by atoms with van der Waals surface area (Å²) >= 11 is 1.60. The van der Waals surface area contributed by atoms with Crippen molar-refractivity contribution in [2.75, 3.05) is 11.5 Å². The van der Waals surface area contributed by atoms with Crippen molar-refractivity contribution in [2.24, 2.45) is 0 Å². The van der Waals surface area contributed by atoms with Gasteiger partial charge in [-0.05, 0) is 24.3 Å². The van der Waals surface area contributed by atoms with Gasteiger partial charge in [-0.2, -0.15) is 21.4 Å². The number of pyridine rings is 1. The van der Waals surface area contributed by atoms with Gasteiger partial charge in [0.15, 0.2) is 0 Å². The number of nitrogens with zero attached hydrogens (tertiary/aromatic N) is 2. The van der Waals surface area contributed by atoms with Crippen molar-refractivity contribution in [1.29, 1.82) is 5.26 Å². The van der Waals surface area contributed by atoms with Crippen molar-refractivity contribution in [3.63, 3.8) is 0 Å². The van der Waals surface area contributed by atoms with Crippen LogP contribution in [-0.2, 0) is 0 Å². The molecule has 4 nitrogen and oxygen atoms in total. The summed E-state index contributed by atoms with van der Waals surface area (Å²) in [5.41, 5.74) is -0.997. The van der Waals surface area contributed by atoms with Crippen molar-refractivity contribution in [3.05, 3.63) is 29.8 Å². The van der Waals surface area contributed by atoms with E-state index in [4.69, 9.17) is 5.26 Å². The molecule has 0 bridgehead atoms. The standard InChI is InChI=1S/C11H10FN3OS/c12-9-8(2-1-4-14-9)10(16)15-11(6-13)3-5-17-7-11/h1-2,4H,3,5,7H2,(H,15,16). The number of rotatable bonds is 2. The molecule has 0 spiro atoms. The van der Waals surface area contributed by atoms with E-state index in [1.807, 2.05) is 0 Å². The van der Waals surface area contributed by atoms with Gasteiger partial charge in [0.25, 0.3) is 5.91 Å². The smallest absolute Gasteiger partial charge is 0.257 e. The summed E-state index contributed by atoms with van der Waals surface area (Å²) < 4.78 is 13.3. The van der Waals surface area contributed by atoms with Crippen molar-refractivity contribution >= 4 is 17.7 Å². The lowest BCUT2D eigenvalue weighted by molar-refractivity contribution is 0.0921. The first-order chi connectivity index (χ1) is 8.17. The van der Waals surface area contributed by atoms with E-state index < -0.39 is 17.4 Å². The molecule has 0 aromatic carbocycles. The van der Waals surface area contributed by atoms with Gasteiger partial charge in [0.05, 0.1) is 11.6 Å². The van der Waals surface area contributed by atoms with Crippen LogP contribution in [0.1, 0.15) is 16.8 Å². The maximum Gasteiger partial charge on any atom is 0.257 e. The minimum Gasteiger partial charge on any atom is -0.333 e. The van der Waals surface area contributed by atoms with Gasteiger partial charge < -0.3 is 5.32 Å². The molecule has 1 aliphatic rings. The summed E-state index contributed by atoms with van der Waals surface area (Å²) in [7, 11) is 0. The van der Waals surface area contributed by atoms with Gasteiger partial charge in [0.1, 0.15) is 5.54 Å². The minimum atomic E-state index is -0.871. The van der Waals surface area contributed by atoms with Gasteiger partial charge in [0.2, 0.25) is 5.95 Å². The third kappa shape index (κ3) is 2.39. The molecule has 0 aliphatic carbocycles. The third-order valence-corrected chi connectivity index (χ3v) is 3.78. The van der Waals surface area contributed by atoms with Crippen molar-refractivity contribution in [1.82, 2.24) is 10.3 Å². The van der Waals surface area contributed by atoms with Crippen LogP contribution in [0.4, 0.5) is 4.39 Å². The monoisotopic (exact) mass is 251 g/mol. The number of hydrogen-bond acceptors (Lipinski definition) is 4. The zero-order chi connectivity index (χ0) is 12.3. The minimum absolute atomic E-state index is 0.126. The summed E-state index contributed by atoms with van der Waals surface area (Å²) in [6, 6.07) is 4.94. The Morgan fingerprint density at radius 1 is 1.71 bits per heavy atom. The number of thioether (sulfide) groups is 1. The fraction of sp³-hybridized carbons (Fsp3) is 0.364. The van der Waals surface area contributed by atoms with E-state index in [0.717, 1.165) is 5.75 Å². The molecule has 1 fully saturated rings. The van der Waals surface area contributed by atoms with Crippen LogP contribution in [0.5, 0.6) is 0 Å². The Morgan fingerprint density at radius 2 is 2.53 bits per heavy atom. The van der Waals surface area contributed by atoms with Gasteiger partial charge in [-0.15, -0.1) is 0 Å². The molecule has 88 valence electrons. The van der Waals surface area contributed by atoms with Crippen LogP contribution < -0.4 is 5.32 Å². The number of halogens is 1. The normalized spacial score (nSPS) is 23.1. The summed E-state index contributed by atoms with van der Waals surface area (Å²) in [5, 5.41) is 11.7. The lowest BCUT2D eigenvalue weighted by Crippen LogP contribution is -2.47. The van der Waals surface area contributed by atoms with E-state index in [0.29, 0.717) is 12.2 Å². The molecule has 6 heteroatoms. The molecule has 1 aliphatic heterocycles. The maximum absolute atomic E-state index is 13.3. The number of carbonyl (C=O) groups excluding carboxylic acids is 1. The molecule has 1 N–H and O–H groups in total. The Balaban J connectivity index is 2.17. The highest BCUT2D eigenvalue weighted by molar-refractivity contribution is 7.99. The second-order valence-electron chi connectivity index (χ2n) is 3.79. The molecule has 1 atom stereocenters. The molecule has 2 rings (SSSR count). The zero-order valence-corrected chi connectivity index (χ0v) is 9.76. The first kappa shape index (κ1) is 11.9. The maximum atomic E-state index is 13.3. The third-order valence-electron chi connectivity index (χ3n) is 2.59. The molecule has 1 aromatic heterocycles. The topological polar surface area (TPSA) is 65.8 Å². The fourth-order valence-corrected chi connectivity index (χ4v) is 2.89. The van der Waals surface area contributed by atoms with Crippen LogP contribution in [0.15, 0.2) is 18.3 Å². The summed E-state index contributed by atoms with van der Waals surface area (Å²) in [5.74, 6) is -0.0380. The molecule has 0 saturated carbocycles. The van der Waals surface area contributed by atoms with E-state index in [9.17, 15) is 9.18 Å². The molecule has 1 aromatic rings. The first-order valence-corrected chi connectivity index (χ1v) is 6.24. The Morgan fingerprint density at radius 3 is 3.12 bits per heavy atom. The average molecular weight is 251 g/mol. The van der Waals surface area contributed by atoms with Crippen molar-refractivity contribution in [3.8, 4) is 6.07 Å². The van der Waals surface area contributed by atoms with Gasteiger partial charge in [-0.1, -0.05) is 0 Å². The Kier molecular flexibility index (Phi) is 3.29. The molecule has 1 saturated heterocycles. The second-order valence-corrected chi connectivity index (χ2v) is 4.90. The predicted molar refractivity (Wildman–Crippen MR) is 61.9 cm³/mol. The molecule has 17 heavy (non-hydrogen) atoms. The highest BCUT2D eigenvalue weighted by Gasteiger charge is 2.36. The number of carbonyl (C=O) groups is 1. The summed E-state index contributed by atoms with van der Waals surface area (Å²) in [4.78, 5) is 15.2. The number of nitriles is 1. The van der Waals surface area contributed by atoms with Gasteiger partial charge in [-0.25, -0.2) is 4.98 Å². The van der Waals surface area contributed by atoms with E-state index in [2.05, 4.69) is 16.4 Å². The Bertz CT molecular complexity index is 480. The summed E-state index contributed by atoms with van der Waals surface area (Å²) in [6.45, 7) is 0. The van der Waals surface area contributed by atoms with E-state index in [1.54, 1.807) is 11.8 Å². The largest absolute Gasteiger partial charge is 0.333 e. The van der Waals surface area contributed by atoms with Crippen LogP contribution in [0, 0.1) is 17.3 Å². The van der Waals surface area contributed by atoms with Crippen molar-refractivity contribution in [2.45, 2.75) is 12.0 Å². The van der Waals surface area contributed by atoms with E-state index in [1.165, 1.54) is 18.3 Å². The van der Waals surface area contributed by atoms with Crippen LogP contribution in [0.25, 0.3) is 0 Å². The van der Waals surface area contributed by atoms with E-state index >= 15 is 0 Å². The lowest BCUT2D eigenvalue weighted by atomic mass is 10.0. The predicted octanol–water partition coefficient (Wildman–Crippen LogP) is 1.35. The van der Waals surface area contributed by atoms with Crippen LogP contribution >= 0.6 is 11.8 Å². The molecular weight excluding hydrogens is 241 g/mol. The molecule has 2 heterocycles. The van der Waals surface area contributed by atoms with Gasteiger partial charge in [0, 0.05) is 11.9 Å².